The highest BCUT2D eigenvalue weighted by Gasteiger charge is 2.23. The summed E-state index contributed by atoms with van der Waals surface area (Å²) in [6.45, 7) is 2.02. The fourth-order valence-electron chi connectivity index (χ4n) is 4.72. The number of hydrogen-bond acceptors (Lipinski definition) is 4. The molecule has 0 bridgehead atoms. The van der Waals surface area contributed by atoms with Gasteiger partial charge in [-0.15, -0.1) is 10.2 Å². The van der Waals surface area contributed by atoms with Crippen molar-refractivity contribution in [2.75, 3.05) is 5.75 Å². The smallest absolute Gasteiger partial charge is 0.191 e. The van der Waals surface area contributed by atoms with Crippen LogP contribution >= 0.6 is 11.8 Å². The van der Waals surface area contributed by atoms with E-state index < -0.39 is 0 Å². The van der Waals surface area contributed by atoms with Crippen LogP contribution in [0.5, 0.6) is 0 Å². The minimum atomic E-state index is 0.151. The number of rotatable bonds is 5. The second-order valence-electron chi connectivity index (χ2n) is 8.11. The Morgan fingerprint density at radius 3 is 2.69 bits per heavy atom. The van der Waals surface area contributed by atoms with Crippen LogP contribution in [-0.2, 0) is 6.42 Å². The maximum absolute atomic E-state index is 12.9. The lowest BCUT2D eigenvalue weighted by Crippen LogP contribution is -2.15. The van der Waals surface area contributed by atoms with Crippen LogP contribution in [0.1, 0.15) is 65.5 Å². The van der Waals surface area contributed by atoms with Gasteiger partial charge in [-0.05, 0) is 54.5 Å². The van der Waals surface area contributed by atoms with Crippen molar-refractivity contribution in [3.05, 3.63) is 65.0 Å². The maximum atomic E-state index is 12.9. The van der Waals surface area contributed by atoms with E-state index in [0.717, 1.165) is 23.0 Å². The standard InChI is InChI=1S/C24H25N3OS/c1-16-25-26-24(27(16)20-8-3-2-4-9-20)29-15-23(28)19-12-11-18-13-17-7-5-6-10-21(17)22(18)14-19/h5-7,10-12,14,20H,2-4,8-9,13,15H2,1H3. The summed E-state index contributed by atoms with van der Waals surface area (Å²) in [6.07, 6.45) is 7.18. The highest BCUT2D eigenvalue weighted by Crippen LogP contribution is 2.37. The van der Waals surface area contributed by atoms with Crippen molar-refractivity contribution < 1.29 is 4.79 Å². The number of aromatic nitrogens is 3. The normalized spacial score (nSPS) is 15.9. The zero-order valence-corrected chi connectivity index (χ0v) is 17.5. The summed E-state index contributed by atoms with van der Waals surface area (Å²) < 4.78 is 2.26. The van der Waals surface area contributed by atoms with Crippen molar-refractivity contribution in [2.24, 2.45) is 0 Å². The maximum Gasteiger partial charge on any atom is 0.191 e. The zero-order chi connectivity index (χ0) is 19.8. The molecule has 2 aromatic carbocycles. The number of Topliss-reactive ketones (excluding diaryl/α,β-unsaturated/α-hetero) is 1. The molecule has 5 rings (SSSR count). The van der Waals surface area contributed by atoms with Gasteiger partial charge in [-0.25, -0.2) is 0 Å². The summed E-state index contributed by atoms with van der Waals surface area (Å²) in [5.74, 6) is 1.50. The molecule has 0 unspecified atom stereocenters. The Morgan fingerprint density at radius 1 is 1.03 bits per heavy atom. The van der Waals surface area contributed by atoms with Gasteiger partial charge in [-0.1, -0.05) is 67.4 Å². The molecule has 2 aliphatic rings. The molecule has 2 aliphatic carbocycles. The van der Waals surface area contributed by atoms with Crippen molar-refractivity contribution in [3.63, 3.8) is 0 Å². The summed E-state index contributed by atoms with van der Waals surface area (Å²) in [4.78, 5) is 12.9. The SMILES string of the molecule is Cc1nnc(SCC(=O)c2ccc3c(c2)-c2ccccc2C3)n1C1CCCCC1. The number of carbonyl (C=O) groups excluding carboxylic acids is 1. The van der Waals surface area contributed by atoms with E-state index in [-0.39, 0.29) is 5.78 Å². The molecule has 1 heterocycles. The predicted octanol–water partition coefficient (Wildman–Crippen LogP) is 5.64. The van der Waals surface area contributed by atoms with E-state index >= 15 is 0 Å². The monoisotopic (exact) mass is 403 g/mol. The molecule has 1 aromatic heterocycles. The van der Waals surface area contributed by atoms with Gasteiger partial charge in [0.25, 0.3) is 0 Å². The van der Waals surface area contributed by atoms with Crippen LogP contribution in [0.15, 0.2) is 47.6 Å². The Morgan fingerprint density at radius 2 is 1.83 bits per heavy atom. The number of aryl methyl sites for hydroxylation is 1. The van der Waals surface area contributed by atoms with E-state index in [0.29, 0.717) is 11.8 Å². The van der Waals surface area contributed by atoms with Crippen LogP contribution in [-0.4, -0.2) is 26.3 Å². The largest absolute Gasteiger partial charge is 0.303 e. The first-order valence-corrected chi connectivity index (χ1v) is 11.5. The fraction of sp³-hybridized carbons (Fsp3) is 0.375. The molecule has 3 aromatic rings. The van der Waals surface area contributed by atoms with Crippen molar-refractivity contribution in [1.82, 2.24) is 14.8 Å². The molecular formula is C24H25N3OS. The molecule has 1 fully saturated rings. The van der Waals surface area contributed by atoms with Gasteiger partial charge in [0.1, 0.15) is 5.82 Å². The third-order valence-corrected chi connectivity index (χ3v) is 7.17. The van der Waals surface area contributed by atoms with Crippen LogP contribution < -0.4 is 0 Å². The lowest BCUT2D eigenvalue weighted by molar-refractivity contribution is 0.102. The Balaban J connectivity index is 1.33. The molecule has 5 heteroatoms. The van der Waals surface area contributed by atoms with Crippen LogP contribution in [0.25, 0.3) is 11.1 Å². The van der Waals surface area contributed by atoms with Crippen molar-refractivity contribution in [1.29, 1.82) is 0 Å². The minimum Gasteiger partial charge on any atom is -0.303 e. The second kappa shape index (κ2) is 7.79. The quantitative estimate of drug-likeness (QED) is 0.320. The Kier molecular flexibility index (Phi) is 5.00. The molecule has 0 spiro atoms. The van der Waals surface area contributed by atoms with Crippen LogP contribution in [0.3, 0.4) is 0 Å². The van der Waals surface area contributed by atoms with Crippen LogP contribution in [0, 0.1) is 6.92 Å². The minimum absolute atomic E-state index is 0.151. The number of thioether (sulfide) groups is 1. The van der Waals surface area contributed by atoms with Crippen LogP contribution in [0.4, 0.5) is 0 Å². The van der Waals surface area contributed by atoms with E-state index in [1.54, 1.807) is 0 Å². The van der Waals surface area contributed by atoms with Gasteiger partial charge in [-0.2, -0.15) is 0 Å². The number of nitrogens with zero attached hydrogens (tertiary/aromatic N) is 3. The molecule has 29 heavy (non-hydrogen) atoms. The van der Waals surface area contributed by atoms with Gasteiger partial charge in [0, 0.05) is 11.6 Å². The average molecular weight is 404 g/mol. The molecule has 0 N–H and O–H groups in total. The first-order chi connectivity index (χ1) is 14.2. The van der Waals surface area contributed by atoms with Gasteiger partial charge in [0.15, 0.2) is 10.9 Å². The zero-order valence-electron chi connectivity index (χ0n) is 16.7. The first kappa shape index (κ1) is 18.6. The van der Waals surface area contributed by atoms with Crippen LogP contribution in [0.2, 0.25) is 0 Å². The van der Waals surface area contributed by atoms with Gasteiger partial charge in [0.2, 0.25) is 0 Å². The lowest BCUT2D eigenvalue weighted by Gasteiger charge is -2.24. The summed E-state index contributed by atoms with van der Waals surface area (Å²) >= 11 is 1.52. The van der Waals surface area contributed by atoms with Crippen molar-refractivity contribution in [2.45, 2.75) is 56.6 Å². The molecule has 1 saturated carbocycles. The lowest BCUT2D eigenvalue weighted by atomic mass is 9.95. The Bertz CT molecular complexity index is 1070. The van der Waals surface area contributed by atoms with E-state index in [4.69, 9.17) is 0 Å². The third kappa shape index (κ3) is 3.52. The molecule has 4 nitrogen and oxygen atoms in total. The summed E-state index contributed by atoms with van der Waals surface area (Å²) in [7, 11) is 0. The van der Waals surface area contributed by atoms with E-state index in [2.05, 4.69) is 51.2 Å². The molecule has 0 atom stereocenters. The van der Waals surface area contributed by atoms with E-state index in [1.807, 2.05) is 13.0 Å². The second-order valence-corrected chi connectivity index (χ2v) is 9.05. The van der Waals surface area contributed by atoms with Gasteiger partial charge < -0.3 is 4.57 Å². The third-order valence-electron chi connectivity index (χ3n) is 6.23. The fourth-order valence-corrected chi connectivity index (χ4v) is 5.66. The number of carbonyl (C=O) groups is 1. The van der Waals surface area contributed by atoms with Gasteiger partial charge in [-0.3, -0.25) is 4.79 Å². The molecule has 0 radical (unpaired) electrons. The Labute approximate surface area is 175 Å². The van der Waals surface area contributed by atoms with E-state index in [1.165, 1.54) is 66.1 Å². The predicted molar refractivity (Wildman–Crippen MR) is 117 cm³/mol. The van der Waals surface area contributed by atoms with Crippen molar-refractivity contribution in [3.8, 4) is 11.1 Å². The number of hydrogen-bond donors (Lipinski definition) is 0. The topological polar surface area (TPSA) is 47.8 Å². The summed E-state index contributed by atoms with van der Waals surface area (Å²) in [6, 6.07) is 15.1. The number of fused-ring (bicyclic) bond motifs is 3. The van der Waals surface area contributed by atoms with Gasteiger partial charge in [0.05, 0.1) is 5.75 Å². The molecule has 0 saturated heterocycles. The Hall–Kier alpha value is -2.40. The molecular weight excluding hydrogens is 378 g/mol. The highest BCUT2D eigenvalue weighted by atomic mass is 32.2. The molecule has 148 valence electrons. The molecule has 0 aliphatic heterocycles. The van der Waals surface area contributed by atoms with Gasteiger partial charge >= 0.3 is 0 Å². The number of benzene rings is 2. The summed E-state index contributed by atoms with van der Waals surface area (Å²) in [5, 5.41) is 9.55. The van der Waals surface area contributed by atoms with E-state index in [9.17, 15) is 4.79 Å². The highest BCUT2D eigenvalue weighted by molar-refractivity contribution is 7.99. The number of ketones is 1. The summed E-state index contributed by atoms with van der Waals surface area (Å²) in [5.41, 5.74) is 5.91. The molecule has 0 amide bonds. The first-order valence-electron chi connectivity index (χ1n) is 10.5. The van der Waals surface area contributed by atoms with Crippen molar-refractivity contribution >= 4 is 17.5 Å². The average Bonchev–Trinajstić information content (AvgIpc) is 3.32.